The van der Waals surface area contributed by atoms with Crippen molar-refractivity contribution in [3.63, 3.8) is 0 Å². The van der Waals surface area contributed by atoms with Crippen molar-refractivity contribution in [1.29, 1.82) is 0 Å². The minimum atomic E-state index is -4.02. The molecule has 3 aromatic rings. The zero-order valence-corrected chi connectivity index (χ0v) is 18.3. The number of carbonyl (C=O) groups excluding carboxylic acids is 1. The molecule has 162 valence electrons. The van der Waals surface area contributed by atoms with Gasteiger partial charge in [0.2, 0.25) is 5.91 Å². The summed E-state index contributed by atoms with van der Waals surface area (Å²) in [5.41, 5.74) is 2.32. The molecule has 31 heavy (non-hydrogen) atoms. The van der Waals surface area contributed by atoms with E-state index >= 15 is 0 Å². The van der Waals surface area contributed by atoms with Gasteiger partial charge in [0.25, 0.3) is 10.0 Å². The number of anilines is 1. The maximum Gasteiger partial charge on any atom is 0.264 e. The van der Waals surface area contributed by atoms with E-state index in [0.29, 0.717) is 0 Å². The molecule has 0 unspecified atom stereocenters. The fourth-order valence-electron chi connectivity index (χ4n) is 3.19. The van der Waals surface area contributed by atoms with Crippen LogP contribution in [0.25, 0.3) is 0 Å². The molecule has 0 aromatic heterocycles. The van der Waals surface area contributed by atoms with Crippen LogP contribution in [-0.2, 0) is 21.2 Å². The van der Waals surface area contributed by atoms with Crippen molar-refractivity contribution >= 4 is 21.6 Å². The normalized spacial score (nSPS) is 12.2. The Morgan fingerprint density at radius 3 is 2.16 bits per heavy atom. The summed E-state index contributed by atoms with van der Waals surface area (Å²) in [7, 11) is -4.02. The van der Waals surface area contributed by atoms with Crippen molar-refractivity contribution < 1.29 is 17.6 Å². The smallest absolute Gasteiger partial charge is 0.264 e. The van der Waals surface area contributed by atoms with Gasteiger partial charge < -0.3 is 5.32 Å². The number of sulfonamides is 1. The minimum Gasteiger partial charge on any atom is -0.348 e. The van der Waals surface area contributed by atoms with Crippen LogP contribution in [0, 0.1) is 5.82 Å². The number of nitrogens with one attached hydrogen (secondary N) is 1. The molecule has 1 atom stereocenters. The highest BCUT2D eigenvalue weighted by Gasteiger charge is 2.27. The number of benzene rings is 3. The van der Waals surface area contributed by atoms with Crippen LogP contribution in [0.15, 0.2) is 83.8 Å². The quantitative estimate of drug-likeness (QED) is 0.562. The van der Waals surface area contributed by atoms with Crippen molar-refractivity contribution in [3.05, 3.63) is 95.8 Å². The number of aryl methyl sites for hydroxylation is 1. The third kappa shape index (κ3) is 5.49. The molecule has 0 spiro atoms. The van der Waals surface area contributed by atoms with Crippen LogP contribution < -0.4 is 9.62 Å². The molecule has 0 heterocycles. The van der Waals surface area contributed by atoms with Crippen LogP contribution in [0.4, 0.5) is 10.1 Å². The maximum absolute atomic E-state index is 13.4. The zero-order valence-electron chi connectivity index (χ0n) is 17.5. The van der Waals surface area contributed by atoms with Gasteiger partial charge in [0.1, 0.15) is 12.4 Å². The lowest BCUT2D eigenvalue weighted by Gasteiger charge is -2.25. The van der Waals surface area contributed by atoms with Gasteiger partial charge in [-0.15, -0.1) is 0 Å². The predicted molar refractivity (Wildman–Crippen MR) is 120 cm³/mol. The molecule has 0 radical (unpaired) electrons. The van der Waals surface area contributed by atoms with Gasteiger partial charge in [-0.1, -0.05) is 49.4 Å². The van der Waals surface area contributed by atoms with Crippen LogP contribution in [-0.4, -0.2) is 20.9 Å². The average molecular weight is 441 g/mol. The van der Waals surface area contributed by atoms with Gasteiger partial charge in [-0.3, -0.25) is 9.10 Å². The molecule has 0 aliphatic heterocycles. The second kappa shape index (κ2) is 9.75. The first kappa shape index (κ1) is 22.5. The molecule has 0 aliphatic rings. The number of amides is 1. The Morgan fingerprint density at radius 1 is 0.968 bits per heavy atom. The first-order valence-corrected chi connectivity index (χ1v) is 11.5. The molecule has 7 heteroatoms. The first-order valence-electron chi connectivity index (χ1n) is 10.0. The lowest BCUT2D eigenvalue weighted by atomic mass is 10.1. The van der Waals surface area contributed by atoms with Crippen LogP contribution >= 0.6 is 0 Å². The predicted octanol–water partition coefficient (Wildman–Crippen LogP) is 4.46. The maximum atomic E-state index is 13.4. The van der Waals surface area contributed by atoms with E-state index in [4.69, 9.17) is 0 Å². The largest absolute Gasteiger partial charge is 0.348 e. The number of nitrogens with zero attached hydrogens (tertiary/aromatic N) is 1. The number of hydrogen-bond acceptors (Lipinski definition) is 3. The summed E-state index contributed by atoms with van der Waals surface area (Å²) in [6, 6.07) is 20.5. The van der Waals surface area contributed by atoms with Crippen LogP contribution in [0.2, 0.25) is 0 Å². The Kier molecular flexibility index (Phi) is 7.07. The Morgan fingerprint density at radius 2 is 1.58 bits per heavy atom. The monoisotopic (exact) mass is 440 g/mol. The van der Waals surface area contributed by atoms with Crippen molar-refractivity contribution in [3.8, 4) is 0 Å². The molecular weight excluding hydrogens is 415 g/mol. The van der Waals surface area contributed by atoms with Crippen LogP contribution in [0.1, 0.15) is 31.0 Å². The Bertz CT molecular complexity index is 1120. The Hall–Kier alpha value is -3.19. The summed E-state index contributed by atoms with van der Waals surface area (Å²) in [5, 5.41) is 2.85. The van der Waals surface area contributed by atoms with Crippen molar-refractivity contribution in [2.24, 2.45) is 0 Å². The number of rotatable bonds is 8. The molecule has 0 aliphatic carbocycles. The topological polar surface area (TPSA) is 66.5 Å². The SMILES string of the molecule is CCc1ccc([C@@H](C)NC(=O)CN(c2ccc(F)cc2)S(=O)(=O)c2ccccc2)cc1. The van der Waals surface area contributed by atoms with Gasteiger partial charge in [-0.25, -0.2) is 12.8 Å². The van der Waals surface area contributed by atoms with E-state index in [1.807, 2.05) is 31.2 Å². The third-order valence-corrected chi connectivity index (χ3v) is 6.79. The van der Waals surface area contributed by atoms with Crippen molar-refractivity contribution in [1.82, 2.24) is 5.32 Å². The molecule has 5 nitrogen and oxygen atoms in total. The van der Waals surface area contributed by atoms with E-state index in [9.17, 15) is 17.6 Å². The second-order valence-electron chi connectivity index (χ2n) is 7.19. The molecule has 0 fully saturated rings. The van der Waals surface area contributed by atoms with E-state index in [2.05, 4.69) is 12.2 Å². The summed E-state index contributed by atoms with van der Waals surface area (Å²) >= 11 is 0. The molecule has 0 bridgehead atoms. The van der Waals surface area contributed by atoms with Gasteiger partial charge in [0.05, 0.1) is 16.6 Å². The van der Waals surface area contributed by atoms with Gasteiger partial charge >= 0.3 is 0 Å². The fourth-order valence-corrected chi connectivity index (χ4v) is 4.63. The standard InChI is InChI=1S/C24H25FN2O3S/c1-3-19-9-11-20(12-10-19)18(2)26-24(28)17-27(22-15-13-21(25)14-16-22)31(29,30)23-7-5-4-6-8-23/h4-16,18H,3,17H2,1-2H3,(H,26,28)/t18-/m1/s1. The van der Waals surface area contributed by atoms with Crippen molar-refractivity contribution in [2.75, 3.05) is 10.8 Å². The Balaban J connectivity index is 1.84. The summed E-state index contributed by atoms with van der Waals surface area (Å²) in [5.74, 6) is -0.953. The molecule has 1 amide bonds. The summed E-state index contributed by atoms with van der Waals surface area (Å²) in [4.78, 5) is 12.8. The van der Waals surface area contributed by atoms with Gasteiger partial charge in [-0.2, -0.15) is 0 Å². The molecule has 0 saturated heterocycles. The lowest BCUT2D eigenvalue weighted by Crippen LogP contribution is -2.41. The second-order valence-corrected chi connectivity index (χ2v) is 9.05. The van der Waals surface area contributed by atoms with Gasteiger partial charge in [0.15, 0.2) is 0 Å². The molecule has 3 aromatic carbocycles. The van der Waals surface area contributed by atoms with Gasteiger partial charge in [-0.05, 0) is 60.9 Å². The number of halogens is 1. The highest BCUT2D eigenvalue weighted by Crippen LogP contribution is 2.24. The molecular formula is C24H25FN2O3S. The number of hydrogen-bond donors (Lipinski definition) is 1. The summed E-state index contributed by atoms with van der Waals surface area (Å²) in [6.07, 6.45) is 0.922. The zero-order chi connectivity index (χ0) is 22.4. The van der Waals surface area contributed by atoms with Crippen molar-refractivity contribution in [2.45, 2.75) is 31.2 Å². The van der Waals surface area contributed by atoms with E-state index in [0.717, 1.165) is 16.3 Å². The first-order chi connectivity index (χ1) is 14.8. The van der Waals surface area contributed by atoms with E-state index in [1.54, 1.807) is 18.2 Å². The lowest BCUT2D eigenvalue weighted by molar-refractivity contribution is -0.120. The summed E-state index contributed by atoms with van der Waals surface area (Å²) < 4.78 is 40.9. The van der Waals surface area contributed by atoms with Gasteiger partial charge in [0, 0.05) is 0 Å². The Labute approximate surface area is 182 Å². The molecule has 3 rings (SSSR count). The van der Waals surface area contributed by atoms with Crippen LogP contribution in [0.3, 0.4) is 0 Å². The fraction of sp³-hybridized carbons (Fsp3) is 0.208. The summed E-state index contributed by atoms with van der Waals surface area (Å²) in [6.45, 7) is 3.48. The third-order valence-electron chi connectivity index (χ3n) is 5.00. The van der Waals surface area contributed by atoms with E-state index < -0.39 is 28.3 Å². The highest BCUT2D eigenvalue weighted by molar-refractivity contribution is 7.92. The van der Waals surface area contributed by atoms with Crippen LogP contribution in [0.5, 0.6) is 0 Å². The van der Waals surface area contributed by atoms with E-state index in [1.165, 1.54) is 42.0 Å². The van der Waals surface area contributed by atoms with E-state index in [-0.39, 0.29) is 16.6 Å². The molecule has 1 N–H and O–H groups in total. The highest BCUT2D eigenvalue weighted by atomic mass is 32.2. The number of carbonyl (C=O) groups is 1. The molecule has 0 saturated carbocycles. The minimum absolute atomic E-state index is 0.0512. The average Bonchev–Trinajstić information content (AvgIpc) is 2.78.